The van der Waals surface area contributed by atoms with Crippen molar-refractivity contribution < 1.29 is 14.3 Å². The lowest BCUT2D eigenvalue weighted by atomic mass is 9.84. The van der Waals surface area contributed by atoms with Gasteiger partial charge < -0.3 is 15.0 Å². The number of hydrogen-bond donors (Lipinski definition) is 2. The second-order valence-corrected chi connectivity index (χ2v) is 9.25. The average Bonchev–Trinajstić information content (AvgIpc) is 2.82. The molecule has 2 aromatic rings. The summed E-state index contributed by atoms with van der Waals surface area (Å²) in [6.07, 6.45) is 2.00. The summed E-state index contributed by atoms with van der Waals surface area (Å²) >= 11 is 0. The minimum atomic E-state index is -0.655. The number of benzene rings is 2. The van der Waals surface area contributed by atoms with Gasteiger partial charge in [0.05, 0.1) is 19.1 Å². The van der Waals surface area contributed by atoms with Crippen molar-refractivity contribution in [3.05, 3.63) is 54.1 Å². The summed E-state index contributed by atoms with van der Waals surface area (Å²) in [5.41, 5.74) is 2.39. The fraction of sp³-hybridized carbons (Fsp3) is 0.423. The maximum atomic E-state index is 13.1. The topological polar surface area (TPSA) is 85.7 Å². The van der Waals surface area contributed by atoms with Gasteiger partial charge in [-0.1, -0.05) is 30.3 Å². The van der Waals surface area contributed by atoms with Crippen LogP contribution in [0.15, 0.2) is 48.5 Å². The first-order valence-electron chi connectivity index (χ1n) is 11.5. The summed E-state index contributed by atoms with van der Waals surface area (Å²) in [6.45, 7) is 5.54. The number of amides is 2. The van der Waals surface area contributed by atoms with Gasteiger partial charge in [-0.2, -0.15) is 0 Å². The minimum absolute atomic E-state index is 0.0398. The molecule has 0 bridgehead atoms. The first-order chi connectivity index (χ1) is 15.8. The highest BCUT2D eigenvalue weighted by atomic mass is 16.5. The molecule has 0 spiro atoms. The molecule has 1 atom stereocenters. The lowest BCUT2D eigenvalue weighted by molar-refractivity contribution is -0.133. The third-order valence-electron chi connectivity index (χ3n) is 6.87. The number of nitrogens with zero attached hydrogens (tertiary/aromatic N) is 2. The van der Waals surface area contributed by atoms with Crippen LogP contribution in [0.25, 0.3) is 11.1 Å². The van der Waals surface area contributed by atoms with E-state index in [0.29, 0.717) is 12.5 Å². The molecule has 174 valence electrons. The van der Waals surface area contributed by atoms with Crippen LogP contribution in [0.5, 0.6) is 5.75 Å². The van der Waals surface area contributed by atoms with Gasteiger partial charge in [-0.15, -0.1) is 0 Å². The van der Waals surface area contributed by atoms with Crippen molar-refractivity contribution in [3.63, 3.8) is 0 Å². The molecule has 0 saturated carbocycles. The van der Waals surface area contributed by atoms with Crippen LogP contribution in [-0.2, 0) is 15.1 Å². The number of piperidine rings is 1. The van der Waals surface area contributed by atoms with E-state index in [1.54, 1.807) is 18.9 Å². The zero-order valence-corrected chi connectivity index (χ0v) is 19.6. The third kappa shape index (κ3) is 4.87. The molecule has 2 heterocycles. The van der Waals surface area contributed by atoms with Crippen LogP contribution in [0, 0.1) is 11.3 Å². The number of guanidine groups is 1. The van der Waals surface area contributed by atoms with Crippen molar-refractivity contribution in [2.24, 2.45) is 5.92 Å². The molecule has 0 unspecified atom stereocenters. The maximum absolute atomic E-state index is 13.1. The number of carbonyl (C=O) groups is 2. The summed E-state index contributed by atoms with van der Waals surface area (Å²) in [6, 6.07) is 16.0. The molecule has 0 aromatic heterocycles. The first kappa shape index (κ1) is 22.8. The fourth-order valence-electron chi connectivity index (χ4n) is 4.80. The van der Waals surface area contributed by atoms with Crippen LogP contribution in [0.2, 0.25) is 0 Å². The molecule has 0 aliphatic carbocycles. The van der Waals surface area contributed by atoms with Crippen LogP contribution >= 0.6 is 0 Å². The van der Waals surface area contributed by atoms with E-state index in [0.717, 1.165) is 48.4 Å². The van der Waals surface area contributed by atoms with Crippen LogP contribution < -0.4 is 10.1 Å². The molecule has 2 fully saturated rings. The second kappa shape index (κ2) is 9.25. The summed E-state index contributed by atoms with van der Waals surface area (Å²) in [7, 11) is 1.65. The number of nitrogens with one attached hydrogen (secondary N) is 2. The lowest BCUT2D eigenvalue weighted by Crippen LogP contribution is -2.60. The van der Waals surface area contributed by atoms with Crippen molar-refractivity contribution in [3.8, 4) is 16.9 Å². The minimum Gasteiger partial charge on any atom is -0.497 e. The molecule has 2 aromatic carbocycles. The van der Waals surface area contributed by atoms with E-state index in [-0.39, 0.29) is 24.2 Å². The molecular weight excluding hydrogens is 416 g/mol. The van der Waals surface area contributed by atoms with Crippen LogP contribution in [-0.4, -0.2) is 54.3 Å². The van der Waals surface area contributed by atoms with Crippen LogP contribution in [0.3, 0.4) is 0 Å². The quantitative estimate of drug-likeness (QED) is 0.732. The molecule has 33 heavy (non-hydrogen) atoms. The Kier molecular flexibility index (Phi) is 6.40. The Hall–Kier alpha value is -3.35. The van der Waals surface area contributed by atoms with E-state index < -0.39 is 5.54 Å². The number of hydrogen-bond acceptors (Lipinski definition) is 4. The SMILES string of the molecule is COc1cccc(-c2cccc([C@]3(C)CC(=O)N(CC4CCN(C(C)=O)CC4)C(=N)N3)c2)c1. The Morgan fingerprint density at radius 3 is 2.45 bits per heavy atom. The maximum Gasteiger partial charge on any atom is 0.231 e. The van der Waals surface area contributed by atoms with Crippen molar-refractivity contribution in [1.82, 2.24) is 15.1 Å². The Morgan fingerprint density at radius 2 is 1.82 bits per heavy atom. The van der Waals surface area contributed by atoms with E-state index in [1.807, 2.05) is 54.3 Å². The molecule has 2 N–H and O–H groups in total. The first-order valence-corrected chi connectivity index (χ1v) is 11.5. The Bertz CT molecular complexity index is 1040. The summed E-state index contributed by atoms with van der Waals surface area (Å²) in [4.78, 5) is 28.1. The highest BCUT2D eigenvalue weighted by Crippen LogP contribution is 2.33. The zero-order valence-electron chi connectivity index (χ0n) is 19.6. The van der Waals surface area contributed by atoms with Gasteiger partial charge in [-0.05, 0) is 60.6 Å². The highest BCUT2D eigenvalue weighted by molar-refractivity contribution is 5.99. The standard InChI is InChI=1S/C26H32N4O3/c1-18(31)29-12-10-19(11-13-29)17-30-24(32)16-26(2,28-25(30)27)22-8-4-6-20(14-22)21-7-5-9-23(15-21)33-3/h4-9,14-15,19H,10-13,16-17H2,1-3H3,(H2,27,28)/t26-/m0/s1. The second-order valence-electron chi connectivity index (χ2n) is 9.25. The van der Waals surface area contributed by atoms with Gasteiger partial charge in [-0.25, -0.2) is 0 Å². The summed E-state index contributed by atoms with van der Waals surface area (Å²) < 4.78 is 5.35. The average molecular weight is 449 g/mol. The van der Waals surface area contributed by atoms with Gasteiger partial charge in [-0.3, -0.25) is 19.9 Å². The van der Waals surface area contributed by atoms with E-state index in [2.05, 4.69) is 11.4 Å². The normalized spacial score (nSPS) is 21.7. The van der Waals surface area contributed by atoms with E-state index in [4.69, 9.17) is 10.1 Å². The van der Waals surface area contributed by atoms with Gasteiger partial charge in [0, 0.05) is 26.6 Å². The zero-order chi connectivity index (χ0) is 23.6. The van der Waals surface area contributed by atoms with Gasteiger partial charge >= 0.3 is 0 Å². The largest absolute Gasteiger partial charge is 0.497 e. The molecule has 0 radical (unpaired) electrons. The van der Waals surface area contributed by atoms with E-state index in [9.17, 15) is 9.59 Å². The van der Waals surface area contributed by atoms with Crippen molar-refractivity contribution in [2.75, 3.05) is 26.7 Å². The molecule has 7 heteroatoms. The van der Waals surface area contributed by atoms with E-state index >= 15 is 0 Å². The molecule has 2 saturated heterocycles. The van der Waals surface area contributed by atoms with Crippen molar-refractivity contribution in [2.45, 2.75) is 38.6 Å². The Balaban J connectivity index is 1.47. The smallest absolute Gasteiger partial charge is 0.231 e. The van der Waals surface area contributed by atoms with Crippen LogP contribution in [0.1, 0.15) is 38.7 Å². The number of methoxy groups -OCH3 is 1. The fourth-order valence-corrected chi connectivity index (χ4v) is 4.80. The Morgan fingerprint density at radius 1 is 1.15 bits per heavy atom. The highest BCUT2D eigenvalue weighted by Gasteiger charge is 2.40. The van der Waals surface area contributed by atoms with Crippen molar-refractivity contribution in [1.29, 1.82) is 5.41 Å². The number of likely N-dealkylation sites (tertiary alicyclic amines) is 1. The molecule has 7 nitrogen and oxygen atoms in total. The molecule has 2 aliphatic heterocycles. The lowest BCUT2D eigenvalue weighted by Gasteiger charge is -2.43. The number of ether oxygens (including phenoxy) is 1. The summed E-state index contributed by atoms with van der Waals surface area (Å²) in [5, 5.41) is 11.9. The predicted octanol–water partition coefficient (Wildman–Crippen LogP) is 3.59. The molecular formula is C26H32N4O3. The van der Waals surface area contributed by atoms with Gasteiger partial charge in [0.2, 0.25) is 11.8 Å². The van der Waals surface area contributed by atoms with Crippen LogP contribution in [0.4, 0.5) is 0 Å². The van der Waals surface area contributed by atoms with Crippen molar-refractivity contribution >= 4 is 17.8 Å². The number of rotatable bonds is 5. The number of carbonyl (C=O) groups excluding carboxylic acids is 2. The molecule has 4 rings (SSSR count). The molecule has 2 amide bonds. The summed E-state index contributed by atoms with van der Waals surface area (Å²) in [5.74, 6) is 1.30. The third-order valence-corrected chi connectivity index (χ3v) is 6.87. The van der Waals surface area contributed by atoms with E-state index in [1.165, 1.54) is 0 Å². The monoisotopic (exact) mass is 448 g/mol. The predicted molar refractivity (Wildman–Crippen MR) is 128 cm³/mol. The van der Waals surface area contributed by atoms with Gasteiger partial charge in [0.1, 0.15) is 5.75 Å². The van der Waals surface area contributed by atoms with Gasteiger partial charge in [0.25, 0.3) is 0 Å². The Labute approximate surface area is 195 Å². The molecule has 2 aliphatic rings. The van der Waals surface area contributed by atoms with Gasteiger partial charge in [0.15, 0.2) is 5.96 Å².